The molecule has 82 valence electrons. The smallest absolute Gasteiger partial charge is 0.146 e. The molecular weight excluding hydrogens is 191 g/mol. The van der Waals surface area contributed by atoms with Crippen LogP contribution in [0.4, 0.5) is 4.39 Å². The summed E-state index contributed by atoms with van der Waals surface area (Å²) in [5, 5.41) is 0. The molecule has 0 aliphatic heterocycles. The van der Waals surface area contributed by atoms with Gasteiger partial charge in [0.1, 0.15) is 5.82 Å². The summed E-state index contributed by atoms with van der Waals surface area (Å²) in [6.45, 7) is 2.20. The molecule has 0 bridgehead atoms. The summed E-state index contributed by atoms with van der Waals surface area (Å²) in [6, 6.07) is 1.52. The summed E-state index contributed by atoms with van der Waals surface area (Å²) in [4.78, 5) is 3.74. The summed E-state index contributed by atoms with van der Waals surface area (Å²) >= 11 is 0. The number of pyridine rings is 1. The summed E-state index contributed by atoms with van der Waals surface area (Å²) in [5.74, 6) is 0.749. The Bertz CT molecular complexity index is 340. The van der Waals surface area contributed by atoms with E-state index in [1.54, 1.807) is 12.3 Å². The Kier molecular flexibility index (Phi) is 3.00. The van der Waals surface area contributed by atoms with E-state index < -0.39 is 0 Å². The predicted molar refractivity (Wildman–Crippen MR) is 57.6 cm³/mol. The van der Waals surface area contributed by atoms with Gasteiger partial charge in [0.2, 0.25) is 0 Å². The minimum absolute atomic E-state index is 0.175. The van der Waals surface area contributed by atoms with Crippen molar-refractivity contribution < 1.29 is 4.39 Å². The van der Waals surface area contributed by atoms with Crippen LogP contribution in [0.25, 0.3) is 0 Å². The zero-order valence-electron chi connectivity index (χ0n) is 8.99. The van der Waals surface area contributed by atoms with Gasteiger partial charge in [0, 0.05) is 17.8 Å². The van der Waals surface area contributed by atoms with Gasteiger partial charge < -0.3 is 5.73 Å². The van der Waals surface area contributed by atoms with Gasteiger partial charge in [-0.05, 0) is 24.3 Å². The van der Waals surface area contributed by atoms with E-state index in [1.807, 2.05) is 0 Å². The first-order valence-electron chi connectivity index (χ1n) is 5.55. The van der Waals surface area contributed by atoms with E-state index in [2.05, 4.69) is 11.9 Å². The maximum absolute atomic E-state index is 13.5. The summed E-state index contributed by atoms with van der Waals surface area (Å²) in [5.41, 5.74) is 6.74. The standard InChI is InChI=1S/C12H17FN2/c1-8-3-2-4-9(8)12(14)10-5-6-15-7-11(10)13/h5-9,12H,2-4,14H2,1H3. The molecule has 2 nitrogen and oxygen atoms in total. The maximum Gasteiger partial charge on any atom is 0.146 e. The Labute approximate surface area is 89.7 Å². The second-order valence-corrected chi connectivity index (χ2v) is 4.50. The van der Waals surface area contributed by atoms with Crippen LogP contribution in [-0.2, 0) is 0 Å². The number of rotatable bonds is 2. The second kappa shape index (κ2) is 4.27. The lowest BCUT2D eigenvalue weighted by molar-refractivity contribution is 0.343. The predicted octanol–water partition coefficient (Wildman–Crippen LogP) is 2.66. The van der Waals surface area contributed by atoms with Crippen molar-refractivity contribution in [2.45, 2.75) is 32.2 Å². The lowest BCUT2D eigenvalue weighted by Gasteiger charge is -2.23. The van der Waals surface area contributed by atoms with E-state index in [1.165, 1.54) is 19.0 Å². The number of nitrogens with two attached hydrogens (primary N) is 1. The molecule has 1 aliphatic carbocycles. The SMILES string of the molecule is CC1CCCC1C(N)c1ccncc1F. The third-order valence-electron chi connectivity index (χ3n) is 3.55. The zero-order valence-corrected chi connectivity index (χ0v) is 8.99. The van der Waals surface area contributed by atoms with Gasteiger partial charge in [-0.1, -0.05) is 19.8 Å². The Morgan fingerprint density at radius 1 is 1.53 bits per heavy atom. The summed E-state index contributed by atoms with van der Waals surface area (Å²) in [7, 11) is 0. The monoisotopic (exact) mass is 208 g/mol. The van der Waals surface area contributed by atoms with E-state index in [-0.39, 0.29) is 11.9 Å². The third kappa shape index (κ3) is 2.02. The van der Waals surface area contributed by atoms with Gasteiger partial charge in [0.25, 0.3) is 0 Å². The number of aromatic nitrogens is 1. The van der Waals surface area contributed by atoms with Crippen LogP contribution < -0.4 is 5.73 Å². The Morgan fingerprint density at radius 2 is 2.33 bits per heavy atom. The van der Waals surface area contributed by atoms with Crippen LogP contribution >= 0.6 is 0 Å². The first-order valence-corrected chi connectivity index (χ1v) is 5.55. The molecule has 3 unspecified atom stereocenters. The molecule has 15 heavy (non-hydrogen) atoms. The van der Waals surface area contributed by atoms with Crippen LogP contribution in [0.3, 0.4) is 0 Å². The third-order valence-corrected chi connectivity index (χ3v) is 3.55. The molecule has 1 saturated carbocycles. The minimum Gasteiger partial charge on any atom is -0.324 e. The molecule has 2 rings (SSSR count). The largest absolute Gasteiger partial charge is 0.324 e. The van der Waals surface area contributed by atoms with E-state index in [0.29, 0.717) is 17.4 Å². The first-order chi connectivity index (χ1) is 7.20. The highest BCUT2D eigenvalue weighted by Crippen LogP contribution is 2.39. The normalized spacial score (nSPS) is 27.9. The highest BCUT2D eigenvalue weighted by molar-refractivity contribution is 5.18. The molecule has 2 N–H and O–H groups in total. The fourth-order valence-corrected chi connectivity index (χ4v) is 2.59. The van der Waals surface area contributed by atoms with Crippen molar-refractivity contribution in [1.29, 1.82) is 0 Å². The second-order valence-electron chi connectivity index (χ2n) is 4.50. The molecule has 1 fully saturated rings. The van der Waals surface area contributed by atoms with Crippen LogP contribution in [0, 0.1) is 17.7 Å². The Balaban J connectivity index is 2.20. The first kappa shape index (κ1) is 10.6. The molecule has 0 amide bonds. The van der Waals surface area contributed by atoms with Crippen molar-refractivity contribution in [3.05, 3.63) is 29.8 Å². The Morgan fingerprint density at radius 3 is 2.93 bits per heavy atom. The topological polar surface area (TPSA) is 38.9 Å². The lowest BCUT2D eigenvalue weighted by atomic mass is 9.87. The molecule has 0 spiro atoms. The van der Waals surface area contributed by atoms with Crippen molar-refractivity contribution in [2.75, 3.05) is 0 Å². The molecule has 1 aliphatic rings. The van der Waals surface area contributed by atoms with Crippen LogP contribution in [0.1, 0.15) is 37.8 Å². The van der Waals surface area contributed by atoms with Gasteiger partial charge in [-0.15, -0.1) is 0 Å². The molecule has 3 heteroatoms. The van der Waals surface area contributed by atoms with Crippen LogP contribution in [0.2, 0.25) is 0 Å². The van der Waals surface area contributed by atoms with E-state index >= 15 is 0 Å². The van der Waals surface area contributed by atoms with Crippen molar-refractivity contribution in [2.24, 2.45) is 17.6 Å². The highest BCUT2D eigenvalue weighted by atomic mass is 19.1. The molecule has 1 aromatic heterocycles. The van der Waals surface area contributed by atoms with Gasteiger partial charge in [0.05, 0.1) is 6.20 Å². The fourth-order valence-electron chi connectivity index (χ4n) is 2.59. The van der Waals surface area contributed by atoms with Crippen LogP contribution in [0.15, 0.2) is 18.5 Å². The van der Waals surface area contributed by atoms with Gasteiger partial charge in [-0.3, -0.25) is 4.98 Å². The van der Waals surface area contributed by atoms with Crippen molar-refractivity contribution in [3.8, 4) is 0 Å². The van der Waals surface area contributed by atoms with Crippen molar-refractivity contribution >= 4 is 0 Å². The molecule has 0 saturated heterocycles. The fraction of sp³-hybridized carbons (Fsp3) is 0.583. The maximum atomic E-state index is 13.5. The van der Waals surface area contributed by atoms with Gasteiger partial charge in [-0.2, -0.15) is 0 Å². The number of halogens is 1. The molecule has 1 aromatic rings. The van der Waals surface area contributed by atoms with E-state index in [4.69, 9.17) is 5.73 Å². The minimum atomic E-state index is -0.274. The number of nitrogens with zero attached hydrogens (tertiary/aromatic N) is 1. The lowest BCUT2D eigenvalue weighted by Crippen LogP contribution is -2.24. The van der Waals surface area contributed by atoms with Gasteiger partial charge >= 0.3 is 0 Å². The van der Waals surface area contributed by atoms with E-state index in [0.717, 1.165) is 6.42 Å². The average Bonchev–Trinajstić information content (AvgIpc) is 2.64. The summed E-state index contributed by atoms with van der Waals surface area (Å²) in [6.07, 6.45) is 6.40. The molecule has 0 radical (unpaired) electrons. The van der Waals surface area contributed by atoms with Crippen LogP contribution in [0.5, 0.6) is 0 Å². The molecule has 0 aromatic carbocycles. The van der Waals surface area contributed by atoms with Crippen molar-refractivity contribution in [1.82, 2.24) is 4.98 Å². The Hall–Kier alpha value is -0.960. The molecular formula is C12H17FN2. The van der Waals surface area contributed by atoms with Gasteiger partial charge in [-0.25, -0.2) is 4.39 Å². The quantitative estimate of drug-likeness (QED) is 0.811. The number of hydrogen-bond donors (Lipinski definition) is 1. The highest BCUT2D eigenvalue weighted by Gasteiger charge is 2.30. The zero-order chi connectivity index (χ0) is 10.8. The molecule has 1 heterocycles. The van der Waals surface area contributed by atoms with Gasteiger partial charge in [0.15, 0.2) is 0 Å². The number of hydrogen-bond acceptors (Lipinski definition) is 2. The van der Waals surface area contributed by atoms with E-state index in [9.17, 15) is 4.39 Å². The average molecular weight is 208 g/mol. The van der Waals surface area contributed by atoms with Crippen molar-refractivity contribution in [3.63, 3.8) is 0 Å². The molecule has 3 atom stereocenters. The van der Waals surface area contributed by atoms with Crippen LogP contribution in [-0.4, -0.2) is 4.98 Å². The summed E-state index contributed by atoms with van der Waals surface area (Å²) < 4.78 is 13.5.